The second-order valence-corrected chi connectivity index (χ2v) is 5.40. The van der Waals surface area contributed by atoms with Gasteiger partial charge in [-0.3, -0.25) is 9.69 Å². The van der Waals surface area contributed by atoms with E-state index in [1.807, 2.05) is 12.1 Å². The van der Waals surface area contributed by atoms with Crippen molar-refractivity contribution in [2.75, 3.05) is 27.2 Å². The van der Waals surface area contributed by atoms with Crippen molar-refractivity contribution in [1.82, 2.24) is 9.80 Å². The summed E-state index contributed by atoms with van der Waals surface area (Å²) in [6.45, 7) is 2.25. The van der Waals surface area contributed by atoms with E-state index in [0.29, 0.717) is 12.1 Å². The lowest BCUT2D eigenvalue weighted by atomic mass is 9.96. The number of hydrogen-bond donors (Lipinski definition) is 0. The van der Waals surface area contributed by atoms with Crippen LogP contribution in [0.2, 0.25) is 0 Å². The van der Waals surface area contributed by atoms with E-state index < -0.39 is 0 Å². The second kappa shape index (κ2) is 6.15. The van der Waals surface area contributed by atoms with Crippen molar-refractivity contribution in [3.05, 3.63) is 35.6 Å². The normalized spacial score (nSPS) is 20.3. The topological polar surface area (TPSA) is 23.6 Å². The fraction of sp³-hybridized carbons (Fsp3) is 0.533. The highest BCUT2D eigenvalue weighted by molar-refractivity contribution is 5.78. The molecule has 0 radical (unpaired) electrons. The molecule has 0 aliphatic carbocycles. The van der Waals surface area contributed by atoms with Gasteiger partial charge in [0.1, 0.15) is 5.82 Å². The smallest absolute Gasteiger partial charge is 0.226 e. The van der Waals surface area contributed by atoms with Crippen LogP contribution in [0.15, 0.2) is 24.3 Å². The van der Waals surface area contributed by atoms with Gasteiger partial charge in [0.25, 0.3) is 0 Å². The molecule has 1 aliphatic heterocycles. The van der Waals surface area contributed by atoms with Crippen LogP contribution < -0.4 is 0 Å². The van der Waals surface area contributed by atoms with E-state index in [9.17, 15) is 9.18 Å². The molecule has 1 aliphatic rings. The van der Waals surface area contributed by atoms with Crippen LogP contribution in [-0.2, 0) is 11.3 Å². The fourth-order valence-corrected chi connectivity index (χ4v) is 2.63. The Labute approximate surface area is 114 Å². The maximum Gasteiger partial charge on any atom is 0.226 e. The third kappa shape index (κ3) is 3.53. The SMILES string of the molecule is CN(C)C(=O)C1CCCN(Cc2ccccc2F)C1. The van der Waals surface area contributed by atoms with E-state index in [4.69, 9.17) is 0 Å². The first-order valence-electron chi connectivity index (χ1n) is 6.75. The second-order valence-electron chi connectivity index (χ2n) is 5.40. The van der Waals surface area contributed by atoms with Crippen LogP contribution in [0.25, 0.3) is 0 Å². The Kier molecular flexibility index (Phi) is 4.53. The molecule has 0 saturated carbocycles. The number of likely N-dealkylation sites (tertiary alicyclic amines) is 1. The van der Waals surface area contributed by atoms with Gasteiger partial charge >= 0.3 is 0 Å². The maximum atomic E-state index is 13.6. The lowest BCUT2D eigenvalue weighted by Crippen LogP contribution is -2.42. The van der Waals surface area contributed by atoms with Crippen molar-refractivity contribution in [3.63, 3.8) is 0 Å². The lowest BCUT2D eigenvalue weighted by molar-refractivity contribution is -0.134. The van der Waals surface area contributed by atoms with Crippen molar-refractivity contribution < 1.29 is 9.18 Å². The highest BCUT2D eigenvalue weighted by Gasteiger charge is 2.27. The summed E-state index contributed by atoms with van der Waals surface area (Å²) in [6.07, 6.45) is 1.93. The van der Waals surface area contributed by atoms with E-state index in [0.717, 1.165) is 25.9 Å². The molecule has 1 aromatic carbocycles. The van der Waals surface area contributed by atoms with E-state index >= 15 is 0 Å². The van der Waals surface area contributed by atoms with E-state index in [-0.39, 0.29) is 17.6 Å². The van der Waals surface area contributed by atoms with Crippen LogP contribution in [0.5, 0.6) is 0 Å². The predicted octanol–water partition coefficient (Wildman–Crippen LogP) is 2.13. The molecular weight excluding hydrogens is 243 g/mol. The highest BCUT2D eigenvalue weighted by atomic mass is 19.1. The Morgan fingerprint density at radius 1 is 1.42 bits per heavy atom. The molecule has 104 valence electrons. The van der Waals surface area contributed by atoms with E-state index in [1.54, 1.807) is 25.1 Å². The molecule has 19 heavy (non-hydrogen) atoms. The quantitative estimate of drug-likeness (QED) is 0.835. The zero-order chi connectivity index (χ0) is 13.8. The lowest BCUT2D eigenvalue weighted by Gasteiger charge is -2.33. The minimum atomic E-state index is -0.163. The first kappa shape index (κ1) is 14.0. The Hall–Kier alpha value is -1.42. The minimum Gasteiger partial charge on any atom is -0.349 e. The molecule has 0 N–H and O–H groups in total. The van der Waals surface area contributed by atoms with Crippen LogP contribution in [0.3, 0.4) is 0 Å². The summed E-state index contributed by atoms with van der Waals surface area (Å²) in [5, 5.41) is 0. The van der Waals surface area contributed by atoms with E-state index in [2.05, 4.69) is 4.90 Å². The molecule has 1 aromatic rings. The van der Waals surface area contributed by atoms with Gasteiger partial charge in [-0.1, -0.05) is 18.2 Å². The summed E-state index contributed by atoms with van der Waals surface area (Å²) in [4.78, 5) is 15.8. The Balaban J connectivity index is 1.98. The number of carbonyl (C=O) groups is 1. The van der Waals surface area contributed by atoms with Crippen molar-refractivity contribution in [1.29, 1.82) is 0 Å². The largest absolute Gasteiger partial charge is 0.349 e. The molecule has 1 heterocycles. The third-order valence-electron chi connectivity index (χ3n) is 3.65. The van der Waals surface area contributed by atoms with Gasteiger partial charge in [-0.25, -0.2) is 4.39 Å². The molecule has 3 nitrogen and oxygen atoms in total. The van der Waals surface area contributed by atoms with Gasteiger partial charge in [-0.2, -0.15) is 0 Å². The first-order valence-corrected chi connectivity index (χ1v) is 6.75. The monoisotopic (exact) mass is 264 g/mol. The van der Waals surface area contributed by atoms with Gasteiger partial charge in [0.05, 0.1) is 5.92 Å². The third-order valence-corrected chi connectivity index (χ3v) is 3.65. The van der Waals surface area contributed by atoms with Gasteiger partial charge in [0.15, 0.2) is 0 Å². The molecule has 1 saturated heterocycles. The number of nitrogens with zero attached hydrogens (tertiary/aromatic N) is 2. The van der Waals surface area contributed by atoms with Crippen LogP contribution in [0.4, 0.5) is 4.39 Å². The van der Waals surface area contributed by atoms with Crippen molar-refractivity contribution in [2.24, 2.45) is 5.92 Å². The van der Waals surface area contributed by atoms with Crippen LogP contribution in [0, 0.1) is 11.7 Å². The molecule has 1 amide bonds. The van der Waals surface area contributed by atoms with Crippen molar-refractivity contribution in [2.45, 2.75) is 19.4 Å². The molecule has 1 fully saturated rings. The predicted molar refractivity (Wildman–Crippen MR) is 73.1 cm³/mol. The van der Waals surface area contributed by atoms with Crippen molar-refractivity contribution in [3.8, 4) is 0 Å². The van der Waals surface area contributed by atoms with Gasteiger partial charge in [0.2, 0.25) is 5.91 Å². The molecule has 1 atom stereocenters. The standard InChI is InChI=1S/C15H21FN2O/c1-17(2)15(19)13-7-5-9-18(11-13)10-12-6-3-4-8-14(12)16/h3-4,6,8,13H,5,7,9-11H2,1-2H3. The van der Waals surface area contributed by atoms with Gasteiger partial charge in [-0.15, -0.1) is 0 Å². The zero-order valence-electron chi connectivity index (χ0n) is 11.6. The minimum absolute atomic E-state index is 0.0514. The maximum absolute atomic E-state index is 13.6. The number of benzene rings is 1. The summed E-state index contributed by atoms with van der Waals surface area (Å²) < 4.78 is 13.6. The zero-order valence-corrected chi connectivity index (χ0v) is 11.6. The average molecular weight is 264 g/mol. The number of amides is 1. The molecule has 0 spiro atoms. The fourth-order valence-electron chi connectivity index (χ4n) is 2.63. The average Bonchev–Trinajstić information content (AvgIpc) is 2.41. The highest BCUT2D eigenvalue weighted by Crippen LogP contribution is 2.20. The summed E-state index contributed by atoms with van der Waals surface area (Å²) in [6, 6.07) is 6.85. The van der Waals surface area contributed by atoms with Crippen molar-refractivity contribution >= 4 is 5.91 Å². The Bertz CT molecular complexity index is 448. The summed E-state index contributed by atoms with van der Waals surface area (Å²) >= 11 is 0. The number of carbonyl (C=O) groups excluding carboxylic acids is 1. The van der Waals surface area contributed by atoms with Gasteiger partial charge in [-0.05, 0) is 25.5 Å². The summed E-state index contributed by atoms with van der Waals surface area (Å²) in [5.74, 6) is 0.0670. The first-order chi connectivity index (χ1) is 9.08. The molecule has 4 heteroatoms. The number of halogens is 1. The van der Waals surface area contributed by atoms with Crippen LogP contribution in [-0.4, -0.2) is 42.9 Å². The van der Waals surface area contributed by atoms with E-state index in [1.165, 1.54) is 6.07 Å². The number of piperidine rings is 1. The molecule has 2 rings (SSSR count). The van der Waals surface area contributed by atoms with Gasteiger partial charge in [0, 0.05) is 32.7 Å². The van der Waals surface area contributed by atoms with Crippen LogP contribution >= 0.6 is 0 Å². The molecule has 0 bridgehead atoms. The number of rotatable bonds is 3. The van der Waals surface area contributed by atoms with Gasteiger partial charge < -0.3 is 4.90 Å². The molecule has 0 aromatic heterocycles. The Morgan fingerprint density at radius 3 is 2.84 bits per heavy atom. The Morgan fingerprint density at radius 2 is 2.16 bits per heavy atom. The number of hydrogen-bond acceptors (Lipinski definition) is 2. The summed E-state index contributed by atoms with van der Waals surface area (Å²) in [7, 11) is 3.58. The molecular formula is C15H21FN2O. The van der Waals surface area contributed by atoms with Crippen LogP contribution in [0.1, 0.15) is 18.4 Å². The molecule has 1 unspecified atom stereocenters. The summed E-state index contributed by atoms with van der Waals surface area (Å²) in [5.41, 5.74) is 0.709.